The number of amides is 1. The summed E-state index contributed by atoms with van der Waals surface area (Å²) in [5.41, 5.74) is 6.35. The third-order valence-electron chi connectivity index (χ3n) is 5.52. The first-order valence-electron chi connectivity index (χ1n) is 11.2. The number of hydrogen-bond acceptors (Lipinski definition) is 4. The van der Waals surface area contributed by atoms with Crippen molar-refractivity contribution in [3.05, 3.63) is 99.3 Å². The molecule has 1 amide bonds. The lowest BCUT2D eigenvalue weighted by Gasteiger charge is -2.14. The van der Waals surface area contributed by atoms with Gasteiger partial charge in [0.1, 0.15) is 5.82 Å². The molecule has 0 saturated heterocycles. The average Bonchev–Trinajstić information content (AvgIpc) is 3.22. The molecule has 0 aliphatic heterocycles. The summed E-state index contributed by atoms with van der Waals surface area (Å²) in [5, 5.41) is 12.7. The van der Waals surface area contributed by atoms with E-state index >= 15 is 0 Å². The summed E-state index contributed by atoms with van der Waals surface area (Å²) in [7, 11) is 0. The summed E-state index contributed by atoms with van der Waals surface area (Å²) < 4.78 is 3.08. The largest absolute Gasteiger partial charge is 0.325 e. The predicted octanol–water partition coefficient (Wildman–Crippen LogP) is 6.53. The van der Waals surface area contributed by atoms with Gasteiger partial charge in [0.2, 0.25) is 5.91 Å². The highest BCUT2D eigenvalue weighted by atomic mass is 79.9. The Morgan fingerprint density at radius 2 is 1.82 bits per heavy atom. The van der Waals surface area contributed by atoms with Crippen molar-refractivity contribution in [3.8, 4) is 5.69 Å². The molecule has 0 unspecified atom stereocenters. The van der Waals surface area contributed by atoms with Crippen molar-refractivity contribution in [1.29, 1.82) is 0 Å². The normalized spacial score (nSPS) is 10.9. The molecule has 0 aliphatic rings. The van der Waals surface area contributed by atoms with Crippen molar-refractivity contribution in [2.45, 2.75) is 38.8 Å². The summed E-state index contributed by atoms with van der Waals surface area (Å²) in [6.45, 7) is 6.16. The van der Waals surface area contributed by atoms with Crippen LogP contribution in [0.4, 0.5) is 5.69 Å². The molecule has 4 rings (SSSR count). The number of hydrogen-bond donors (Lipinski definition) is 1. The molecule has 5 nitrogen and oxygen atoms in total. The molecule has 0 atom stereocenters. The molecule has 0 fully saturated rings. The maximum atomic E-state index is 12.9. The summed E-state index contributed by atoms with van der Waals surface area (Å²) in [5.74, 6) is 1.03. The molecule has 3 aromatic carbocycles. The lowest BCUT2D eigenvalue weighted by atomic mass is 10.1. The minimum Gasteiger partial charge on any atom is -0.325 e. The van der Waals surface area contributed by atoms with Crippen LogP contribution in [0.25, 0.3) is 5.69 Å². The van der Waals surface area contributed by atoms with E-state index in [9.17, 15) is 4.79 Å². The lowest BCUT2D eigenvalue weighted by Crippen LogP contribution is -2.17. The van der Waals surface area contributed by atoms with E-state index in [4.69, 9.17) is 0 Å². The molecular weight excluding hydrogens is 508 g/mol. The van der Waals surface area contributed by atoms with Gasteiger partial charge in [-0.05, 0) is 66.8 Å². The number of thioether (sulfide) groups is 1. The topological polar surface area (TPSA) is 59.8 Å². The number of halogens is 1. The Morgan fingerprint density at radius 3 is 2.56 bits per heavy atom. The highest BCUT2D eigenvalue weighted by molar-refractivity contribution is 9.10. The second-order valence-electron chi connectivity index (χ2n) is 8.18. The molecular formula is C27H27BrN4OS. The molecule has 0 radical (unpaired) electrons. The number of nitrogens with one attached hydrogen (secondary N) is 1. The van der Waals surface area contributed by atoms with Crippen LogP contribution in [0.2, 0.25) is 0 Å². The van der Waals surface area contributed by atoms with Crippen molar-refractivity contribution in [1.82, 2.24) is 14.8 Å². The molecule has 0 saturated carbocycles. The standard InChI is InChI=1S/C27H27BrN4OS/c1-4-21-16-22(28)14-19(3)26(21)29-25(33)17-34-27-31-30-24(15-20-10-6-5-7-11-20)32(27)23-12-8-9-18(2)13-23/h5-14,16H,4,15,17H2,1-3H3,(H,29,33). The Bertz CT molecular complexity index is 1300. The van der Waals surface area contributed by atoms with E-state index in [-0.39, 0.29) is 11.7 Å². The van der Waals surface area contributed by atoms with Gasteiger partial charge < -0.3 is 5.32 Å². The van der Waals surface area contributed by atoms with Gasteiger partial charge in [0, 0.05) is 22.3 Å². The van der Waals surface area contributed by atoms with E-state index in [1.54, 1.807) is 0 Å². The fourth-order valence-corrected chi connectivity index (χ4v) is 5.28. The summed E-state index contributed by atoms with van der Waals surface area (Å²) in [6.07, 6.45) is 1.50. The van der Waals surface area contributed by atoms with Gasteiger partial charge in [0.05, 0.1) is 5.75 Å². The van der Waals surface area contributed by atoms with Crippen molar-refractivity contribution in [3.63, 3.8) is 0 Å². The molecule has 1 heterocycles. The Balaban J connectivity index is 1.57. The zero-order valence-corrected chi connectivity index (χ0v) is 21.9. The number of carbonyl (C=O) groups excluding carboxylic acids is 1. The minimum absolute atomic E-state index is 0.0616. The molecule has 0 spiro atoms. The van der Waals surface area contributed by atoms with E-state index in [1.165, 1.54) is 11.8 Å². The first-order valence-corrected chi connectivity index (χ1v) is 13.0. The first kappa shape index (κ1) is 24.2. The molecule has 174 valence electrons. The number of rotatable bonds is 8. The third-order valence-corrected chi connectivity index (χ3v) is 6.91. The summed E-state index contributed by atoms with van der Waals surface area (Å²) in [4.78, 5) is 12.9. The van der Waals surface area contributed by atoms with Crippen LogP contribution in [0.5, 0.6) is 0 Å². The summed E-state index contributed by atoms with van der Waals surface area (Å²) >= 11 is 4.94. The fourth-order valence-electron chi connectivity index (χ4n) is 3.89. The van der Waals surface area contributed by atoms with Crippen LogP contribution in [0.1, 0.15) is 35.0 Å². The Hall–Kier alpha value is -2.90. The van der Waals surface area contributed by atoms with Gasteiger partial charge in [-0.3, -0.25) is 9.36 Å². The highest BCUT2D eigenvalue weighted by Crippen LogP contribution is 2.28. The summed E-state index contributed by atoms with van der Waals surface area (Å²) in [6, 6.07) is 22.6. The Kier molecular flexibility index (Phi) is 7.85. The van der Waals surface area contributed by atoms with Gasteiger partial charge in [0.15, 0.2) is 5.16 Å². The van der Waals surface area contributed by atoms with Gasteiger partial charge >= 0.3 is 0 Å². The molecule has 1 aromatic heterocycles. The monoisotopic (exact) mass is 534 g/mol. The minimum atomic E-state index is -0.0616. The quantitative estimate of drug-likeness (QED) is 0.261. The maximum Gasteiger partial charge on any atom is 0.234 e. The van der Waals surface area contributed by atoms with Crippen LogP contribution in [0.3, 0.4) is 0 Å². The van der Waals surface area contributed by atoms with Crippen LogP contribution < -0.4 is 5.32 Å². The fraction of sp³-hybridized carbons (Fsp3) is 0.222. The predicted molar refractivity (Wildman–Crippen MR) is 143 cm³/mol. The van der Waals surface area contributed by atoms with Crippen molar-refractivity contribution in [2.24, 2.45) is 0 Å². The van der Waals surface area contributed by atoms with Crippen molar-refractivity contribution in [2.75, 3.05) is 11.1 Å². The van der Waals surface area contributed by atoms with E-state index in [1.807, 2.05) is 43.3 Å². The van der Waals surface area contributed by atoms with Gasteiger partial charge in [-0.25, -0.2) is 0 Å². The lowest BCUT2D eigenvalue weighted by molar-refractivity contribution is -0.113. The third kappa shape index (κ3) is 5.77. The van der Waals surface area contributed by atoms with E-state index in [0.717, 1.165) is 50.3 Å². The van der Waals surface area contributed by atoms with E-state index in [0.29, 0.717) is 11.6 Å². The number of aryl methyl sites for hydroxylation is 3. The molecule has 1 N–H and O–H groups in total. The molecule has 4 aromatic rings. The number of aromatic nitrogens is 3. The highest BCUT2D eigenvalue weighted by Gasteiger charge is 2.17. The second-order valence-corrected chi connectivity index (χ2v) is 10.0. The van der Waals surface area contributed by atoms with Gasteiger partial charge in [-0.2, -0.15) is 0 Å². The van der Waals surface area contributed by atoms with E-state index < -0.39 is 0 Å². The Labute approximate surface area is 213 Å². The smallest absolute Gasteiger partial charge is 0.234 e. The van der Waals surface area contributed by atoms with Crippen LogP contribution >= 0.6 is 27.7 Å². The second kappa shape index (κ2) is 11.0. The average molecular weight is 536 g/mol. The number of carbonyl (C=O) groups is 1. The van der Waals surface area contributed by atoms with E-state index in [2.05, 4.69) is 80.2 Å². The number of benzene rings is 3. The molecule has 34 heavy (non-hydrogen) atoms. The molecule has 0 bridgehead atoms. The van der Waals surface area contributed by atoms with Crippen LogP contribution in [0, 0.1) is 13.8 Å². The number of nitrogens with zero attached hydrogens (tertiary/aromatic N) is 3. The van der Waals surface area contributed by atoms with Crippen LogP contribution in [-0.4, -0.2) is 26.4 Å². The van der Waals surface area contributed by atoms with Crippen molar-refractivity contribution >= 4 is 39.3 Å². The van der Waals surface area contributed by atoms with Gasteiger partial charge in [0.25, 0.3) is 0 Å². The maximum absolute atomic E-state index is 12.9. The number of anilines is 1. The zero-order valence-electron chi connectivity index (χ0n) is 19.5. The molecule has 0 aliphatic carbocycles. The van der Waals surface area contributed by atoms with Crippen molar-refractivity contribution < 1.29 is 4.79 Å². The van der Waals surface area contributed by atoms with Gasteiger partial charge in [-0.1, -0.05) is 77.1 Å². The van der Waals surface area contributed by atoms with Crippen LogP contribution in [-0.2, 0) is 17.6 Å². The molecule has 7 heteroatoms. The first-order chi connectivity index (χ1) is 16.4. The zero-order chi connectivity index (χ0) is 24.1. The van der Waals surface area contributed by atoms with Gasteiger partial charge in [-0.15, -0.1) is 10.2 Å². The Morgan fingerprint density at radius 1 is 1.03 bits per heavy atom. The van der Waals surface area contributed by atoms with Crippen LogP contribution in [0.15, 0.2) is 76.4 Å². The SMILES string of the molecule is CCc1cc(Br)cc(C)c1NC(=O)CSc1nnc(Cc2ccccc2)n1-c1cccc(C)c1.